The average Bonchev–Trinajstić information content (AvgIpc) is 2.64. The molecule has 0 radical (unpaired) electrons. The van der Waals surface area contributed by atoms with Gasteiger partial charge in [0.2, 0.25) is 15.9 Å². The number of benzene rings is 2. The molecule has 2 rings (SSSR count). The van der Waals surface area contributed by atoms with Crippen LogP contribution in [0, 0.1) is 0 Å². The van der Waals surface area contributed by atoms with Crippen LogP contribution in [0.25, 0.3) is 0 Å². The first-order chi connectivity index (χ1) is 12.8. The van der Waals surface area contributed by atoms with Crippen LogP contribution >= 0.6 is 11.6 Å². The van der Waals surface area contributed by atoms with Gasteiger partial charge in [0.25, 0.3) is 0 Å². The Balaban J connectivity index is 2.08. The normalized spacial score (nSPS) is 11.3. The number of nitrogens with one attached hydrogen (secondary N) is 1. The maximum atomic E-state index is 12.6. The lowest BCUT2D eigenvalue weighted by atomic mass is 10.2. The summed E-state index contributed by atoms with van der Waals surface area (Å²) in [6.07, 6.45) is 0. The number of halogens is 1. The van der Waals surface area contributed by atoms with Gasteiger partial charge in [0.15, 0.2) is 0 Å². The molecule has 0 unspecified atom stereocenters. The molecule has 27 heavy (non-hydrogen) atoms. The molecule has 0 aliphatic carbocycles. The Kier molecular flexibility index (Phi) is 6.95. The topological polar surface area (TPSA) is 92.8 Å². The fourth-order valence-electron chi connectivity index (χ4n) is 2.20. The van der Waals surface area contributed by atoms with Crippen LogP contribution in [-0.2, 0) is 19.6 Å². The van der Waals surface area contributed by atoms with E-state index in [2.05, 4.69) is 5.32 Å². The molecule has 144 valence electrons. The molecule has 0 fully saturated rings. The van der Waals surface area contributed by atoms with Crippen molar-refractivity contribution in [2.24, 2.45) is 0 Å². The second-order valence-corrected chi connectivity index (χ2v) is 7.99. The molecule has 0 spiro atoms. The van der Waals surface area contributed by atoms with Crippen molar-refractivity contribution in [3.05, 3.63) is 59.1 Å². The monoisotopic (exact) mass is 410 g/mol. The summed E-state index contributed by atoms with van der Waals surface area (Å²) < 4.78 is 31.0. The van der Waals surface area contributed by atoms with Crippen molar-refractivity contribution < 1.29 is 22.7 Å². The number of esters is 1. The summed E-state index contributed by atoms with van der Waals surface area (Å²) in [5.74, 6) is -1.06. The van der Waals surface area contributed by atoms with Gasteiger partial charge < -0.3 is 10.1 Å². The molecule has 7 nitrogen and oxygen atoms in total. The molecule has 0 aliphatic heterocycles. The Bertz CT molecular complexity index is 929. The average molecular weight is 411 g/mol. The minimum Gasteiger partial charge on any atom is -0.462 e. The van der Waals surface area contributed by atoms with Gasteiger partial charge in [-0.15, -0.1) is 0 Å². The van der Waals surface area contributed by atoms with Crippen molar-refractivity contribution in [3.8, 4) is 0 Å². The van der Waals surface area contributed by atoms with E-state index in [9.17, 15) is 18.0 Å². The van der Waals surface area contributed by atoms with Crippen LogP contribution in [0.5, 0.6) is 0 Å². The highest BCUT2D eigenvalue weighted by Crippen LogP contribution is 2.21. The smallest absolute Gasteiger partial charge is 0.338 e. The van der Waals surface area contributed by atoms with E-state index in [0.29, 0.717) is 10.7 Å². The number of para-hydroxylation sites is 1. The molecule has 0 aliphatic rings. The third kappa shape index (κ3) is 5.29. The summed E-state index contributed by atoms with van der Waals surface area (Å²) in [5.41, 5.74) is 0.642. The van der Waals surface area contributed by atoms with E-state index in [1.165, 1.54) is 31.3 Å². The third-order valence-corrected chi connectivity index (χ3v) is 5.74. The predicted octanol–water partition coefficient (Wildman–Crippen LogP) is 2.78. The van der Waals surface area contributed by atoms with Gasteiger partial charge in [0, 0.05) is 7.05 Å². The molecule has 1 amide bonds. The summed E-state index contributed by atoms with van der Waals surface area (Å²) >= 11 is 5.97. The summed E-state index contributed by atoms with van der Waals surface area (Å²) in [7, 11) is -2.61. The van der Waals surface area contributed by atoms with E-state index >= 15 is 0 Å². The first-order valence-corrected chi connectivity index (χ1v) is 9.85. The number of rotatable bonds is 7. The van der Waals surface area contributed by atoms with E-state index in [1.807, 2.05) is 0 Å². The number of ether oxygens (including phenoxy) is 1. The lowest BCUT2D eigenvalue weighted by Gasteiger charge is -2.17. The molecule has 9 heteroatoms. The number of carbonyl (C=O) groups is 2. The first-order valence-electron chi connectivity index (χ1n) is 8.03. The quantitative estimate of drug-likeness (QED) is 0.708. The Hall–Kier alpha value is -2.42. The number of carbonyl (C=O) groups excluding carboxylic acids is 2. The highest BCUT2D eigenvalue weighted by molar-refractivity contribution is 7.89. The number of nitrogens with zero attached hydrogens (tertiary/aromatic N) is 1. The van der Waals surface area contributed by atoms with Crippen LogP contribution in [0.1, 0.15) is 17.3 Å². The highest BCUT2D eigenvalue weighted by Gasteiger charge is 2.23. The molecule has 0 aromatic heterocycles. The SMILES string of the molecule is CCOC(=O)c1ccc(S(=O)(=O)N(C)CC(=O)Nc2ccccc2Cl)cc1. The lowest BCUT2D eigenvalue weighted by Crippen LogP contribution is -2.35. The number of hydrogen-bond acceptors (Lipinski definition) is 5. The Labute approximate surface area is 162 Å². The van der Waals surface area contributed by atoms with E-state index in [-0.39, 0.29) is 17.1 Å². The molecule has 0 atom stereocenters. The largest absolute Gasteiger partial charge is 0.462 e. The number of likely N-dealkylation sites (N-methyl/N-ethyl adjacent to an activating group) is 1. The van der Waals surface area contributed by atoms with E-state index in [1.54, 1.807) is 31.2 Å². The van der Waals surface area contributed by atoms with Crippen molar-refractivity contribution >= 4 is 39.2 Å². The molecular formula is C18H19ClN2O5S. The van der Waals surface area contributed by atoms with Crippen molar-refractivity contribution in [1.82, 2.24) is 4.31 Å². The zero-order valence-corrected chi connectivity index (χ0v) is 16.4. The highest BCUT2D eigenvalue weighted by atomic mass is 35.5. The summed E-state index contributed by atoms with van der Waals surface area (Å²) in [6, 6.07) is 12.0. The summed E-state index contributed by atoms with van der Waals surface area (Å²) in [4.78, 5) is 23.7. The molecule has 0 heterocycles. The molecule has 1 N–H and O–H groups in total. The zero-order chi connectivity index (χ0) is 20.0. The maximum absolute atomic E-state index is 12.6. The summed E-state index contributed by atoms with van der Waals surface area (Å²) in [5, 5.41) is 2.92. The van der Waals surface area contributed by atoms with Gasteiger partial charge in [-0.25, -0.2) is 13.2 Å². The Morgan fingerprint density at radius 2 is 1.74 bits per heavy atom. The standard InChI is InChI=1S/C18H19ClN2O5S/c1-3-26-18(23)13-8-10-14(11-9-13)27(24,25)21(2)12-17(22)20-16-7-5-4-6-15(16)19/h4-11H,3,12H2,1-2H3,(H,20,22). The van der Waals surface area contributed by atoms with Crippen LogP contribution in [0.2, 0.25) is 5.02 Å². The Morgan fingerprint density at radius 1 is 1.11 bits per heavy atom. The van der Waals surface area contributed by atoms with Gasteiger partial charge in [-0.2, -0.15) is 4.31 Å². The van der Waals surface area contributed by atoms with Crippen LogP contribution < -0.4 is 5.32 Å². The van der Waals surface area contributed by atoms with Crippen LogP contribution in [0.15, 0.2) is 53.4 Å². The molecule has 2 aromatic rings. The van der Waals surface area contributed by atoms with E-state index < -0.39 is 28.4 Å². The predicted molar refractivity (Wildman–Crippen MR) is 102 cm³/mol. The van der Waals surface area contributed by atoms with Gasteiger partial charge in [-0.1, -0.05) is 23.7 Å². The van der Waals surface area contributed by atoms with Crippen LogP contribution in [0.4, 0.5) is 5.69 Å². The van der Waals surface area contributed by atoms with Gasteiger partial charge in [-0.3, -0.25) is 4.79 Å². The Morgan fingerprint density at radius 3 is 2.33 bits per heavy atom. The number of amides is 1. The van der Waals surface area contributed by atoms with Gasteiger partial charge >= 0.3 is 5.97 Å². The minimum absolute atomic E-state index is 0.0383. The first kappa shape index (κ1) is 20.9. The number of anilines is 1. The second kappa shape index (κ2) is 8.98. The summed E-state index contributed by atoms with van der Waals surface area (Å²) in [6.45, 7) is 1.51. The van der Waals surface area contributed by atoms with Crippen molar-refractivity contribution in [2.75, 3.05) is 25.5 Å². The van der Waals surface area contributed by atoms with Crippen molar-refractivity contribution in [2.45, 2.75) is 11.8 Å². The molecule has 0 bridgehead atoms. The van der Waals surface area contributed by atoms with Crippen LogP contribution in [0.3, 0.4) is 0 Å². The number of sulfonamides is 1. The van der Waals surface area contributed by atoms with Crippen molar-refractivity contribution in [1.29, 1.82) is 0 Å². The lowest BCUT2D eigenvalue weighted by molar-refractivity contribution is -0.116. The van der Waals surface area contributed by atoms with Gasteiger partial charge in [0.05, 0.1) is 34.3 Å². The fraction of sp³-hybridized carbons (Fsp3) is 0.222. The maximum Gasteiger partial charge on any atom is 0.338 e. The fourth-order valence-corrected chi connectivity index (χ4v) is 3.51. The molecule has 0 saturated heterocycles. The zero-order valence-electron chi connectivity index (χ0n) is 14.8. The molecule has 0 saturated carbocycles. The molecule has 2 aromatic carbocycles. The van der Waals surface area contributed by atoms with Gasteiger partial charge in [-0.05, 0) is 43.3 Å². The molecular weight excluding hydrogens is 392 g/mol. The van der Waals surface area contributed by atoms with Crippen LogP contribution in [-0.4, -0.2) is 44.8 Å². The van der Waals surface area contributed by atoms with Crippen molar-refractivity contribution in [3.63, 3.8) is 0 Å². The number of hydrogen-bond donors (Lipinski definition) is 1. The minimum atomic E-state index is -3.90. The van der Waals surface area contributed by atoms with E-state index in [4.69, 9.17) is 16.3 Å². The van der Waals surface area contributed by atoms with E-state index in [0.717, 1.165) is 4.31 Å². The third-order valence-electron chi connectivity index (χ3n) is 3.59. The second-order valence-electron chi connectivity index (χ2n) is 5.53. The van der Waals surface area contributed by atoms with Gasteiger partial charge in [0.1, 0.15) is 0 Å².